The summed E-state index contributed by atoms with van der Waals surface area (Å²) in [4.78, 5) is 0. The molecule has 0 spiro atoms. The van der Waals surface area contributed by atoms with Crippen LogP contribution in [0.3, 0.4) is 0 Å². The third-order valence-electron chi connectivity index (χ3n) is 1.62. The number of halogens is 1. The zero-order valence-corrected chi connectivity index (χ0v) is 5.75. The standard InChI is InChI=1S/C6H12ClN/c7-4-6-2-1-3-8-5-6/h6,8H,1-5H2. The normalized spacial score (nSPS) is 30.4. The van der Waals surface area contributed by atoms with E-state index >= 15 is 0 Å². The van der Waals surface area contributed by atoms with E-state index in [1.807, 2.05) is 0 Å². The molecule has 2 heteroatoms. The van der Waals surface area contributed by atoms with Gasteiger partial charge in [-0.05, 0) is 31.8 Å². The van der Waals surface area contributed by atoms with Crippen LogP contribution in [0.4, 0.5) is 0 Å². The summed E-state index contributed by atoms with van der Waals surface area (Å²) in [6.07, 6.45) is 2.62. The lowest BCUT2D eigenvalue weighted by Gasteiger charge is -2.19. The Morgan fingerprint density at radius 2 is 2.50 bits per heavy atom. The SMILES string of the molecule is ClCC1CCCNC1. The summed E-state index contributed by atoms with van der Waals surface area (Å²) in [5.74, 6) is 1.57. The van der Waals surface area contributed by atoms with Gasteiger partial charge in [0.25, 0.3) is 0 Å². The van der Waals surface area contributed by atoms with Crippen LogP contribution in [0.5, 0.6) is 0 Å². The van der Waals surface area contributed by atoms with E-state index in [2.05, 4.69) is 5.32 Å². The van der Waals surface area contributed by atoms with E-state index in [1.165, 1.54) is 19.4 Å². The van der Waals surface area contributed by atoms with Gasteiger partial charge in [-0.2, -0.15) is 0 Å². The van der Waals surface area contributed by atoms with Gasteiger partial charge >= 0.3 is 0 Å². The topological polar surface area (TPSA) is 12.0 Å². The molecule has 0 bridgehead atoms. The largest absolute Gasteiger partial charge is 0.316 e. The molecule has 0 aromatic heterocycles. The number of hydrogen-bond acceptors (Lipinski definition) is 1. The Hall–Kier alpha value is 0.250. The highest BCUT2D eigenvalue weighted by molar-refractivity contribution is 6.18. The summed E-state index contributed by atoms with van der Waals surface area (Å²) in [5.41, 5.74) is 0. The molecule has 48 valence electrons. The van der Waals surface area contributed by atoms with Crippen LogP contribution < -0.4 is 5.32 Å². The molecule has 1 aliphatic rings. The minimum absolute atomic E-state index is 0.741. The zero-order chi connectivity index (χ0) is 5.82. The van der Waals surface area contributed by atoms with Gasteiger partial charge in [0.2, 0.25) is 0 Å². The fourth-order valence-electron chi connectivity index (χ4n) is 1.06. The van der Waals surface area contributed by atoms with Crippen molar-refractivity contribution < 1.29 is 0 Å². The minimum atomic E-state index is 0.741. The summed E-state index contributed by atoms with van der Waals surface area (Å²) in [7, 11) is 0. The van der Waals surface area contributed by atoms with Crippen LogP contribution in [0.15, 0.2) is 0 Å². The van der Waals surface area contributed by atoms with Crippen LogP contribution in [0.2, 0.25) is 0 Å². The maximum atomic E-state index is 5.64. The fraction of sp³-hybridized carbons (Fsp3) is 1.00. The predicted molar refractivity (Wildman–Crippen MR) is 36.3 cm³/mol. The molecule has 1 unspecified atom stereocenters. The van der Waals surface area contributed by atoms with E-state index in [-0.39, 0.29) is 0 Å². The van der Waals surface area contributed by atoms with Gasteiger partial charge in [0, 0.05) is 5.88 Å². The Labute approximate surface area is 55.4 Å². The average Bonchev–Trinajstić information content (AvgIpc) is 1.90. The number of nitrogens with one attached hydrogen (secondary N) is 1. The van der Waals surface area contributed by atoms with Gasteiger partial charge in [-0.25, -0.2) is 0 Å². The van der Waals surface area contributed by atoms with Crippen molar-refractivity contribution in [2.24, 2.45) is 5.92 Å². The van der Waals surface area contributed by atoms with Crippen LogP contribution in [-0.4, -0.2) is 19.0 Å². The summed E-state index contributed by atoms with van der Waals surface area (Å²) >= 11 is 5.64. The van der Waals surface area contributed by atoms with E-state index in [0.29, 0.717) is 0 Å². The Bertz CT molecular complexity index is 59.5. The minimum Gasteiger partial charge on any atom is -0.316 e. The van der Waals surface area contributed by atoms with Crippen molar-refractivity contribution in [3.8, 4) is 0 Å². The number of piperidine rings is 1. The first-order valence-corrected chi connectivity index (χ1v) is 3.73. The lowest BCUT2D eigenvalue weighted by Crippen LogP contribution is -2.30. The summed E-state index contributed by atoms with van der Waals surface area (Å²) < 4.78 is 0. The van der Waals surface area contributed by atoms with Crippen LogP contribution >= 0.6 is 11.6 Å². The van der Waals surface area contributed by atoms with Crippen molar-refractivity contribution >= 4 is 11.6 Å². The van der Waals surface area contributed by atoms with Gasteiger partial charge in [-0.1, -0.05) is 0 Å². The van der Waals surface area contributed by atoms with Gasteiger partial charge in [0.1, 0.15) is 0 Å². The zero-order valence-electron chi connectivity index (χ0n) is 4.99. The highest BCUT2D eigenvalue weighted by Crippen LogP contribution is 2.10. The summed E-state index contributed by atoms with van der Waals surface area (Å²) in [5, 5.41) is 3.30. The maximum Gasteiger partial charge on any atom is 0.0263 e. The first-order chi connectivity index (χ1) is 3.93. The fourth-order valence-corrected chi connectivity index (χ4v) is 1.32. The molecular weight excluding hydrogens is 122 g/mol. The Kier molecular flexibility index (Phi) is 2.64. The molecule has 1 saturated heterocycles. The monoisotopic (exact) mass is 133 g/mol. The molecule has 0 saturated carbocycles. The molecule has 0 amide bonds. The van der Waals surface area contributed by atoms with Crippen LogP contribution in [0, 0.1) is 5.92 Å². The lowest BCUT2D eigenvalue weighted by atomic mass is 10.0. The smallest absolute Gasteiger partial charge is 0.0263 e. The molecular formula is C6H12ClN. The molecule has 1 aliphatic heterocycles. The van der Waals surface area contributed by atoms with Crippen molar-refractivity contribution in [1.29, 1.82) is 0 Å². The summed E-state index contributed by atoms with van der Waals surface area (Å²) in [6.45, 7) is 2.32. The van der Waals surface area contributed by atoms with E-state index in [9.17, 15) is 0 Å². The van der Waals surface area contributed by atoms with E-state index in [1.54, 1.807) is 0 Å². The van der Waals surface area contributed by atoms with Gasteiger partial charge in [0.05, 0.1) is 0 Å². The van der Waals surface area contributed by atoms with E-state index in [0.717, 1.165) is 18.3 Å². The van der Waals surface area contributed by atoms with Crippen molar-refractivity contribution in [2.45, 2.75) is 12.8 Å². The number of alkyl halides is 1. The number of rotatable bonds is 1. The molecule has 0 radical (unpaired) electrons. The second-order valence-corrected chi connectivity index (χ2v) is 2.68. The maximum absolute atomic E-state index is 5.64. The molecule has 1 nitrogen and oxygen atoms in total. The van der Waals surface area contributed by atoms with Crippen LogP contribution in [-0.2, 0) is 0 Å². The first kappa shape index (κ1) is 6.37. The van der Waals surface area contributed by atoms with Crippen LogP contribution in [0.1, 0.15) is 12.8 Å². The van der Waals surface area contributed by atoms with Gasteiger partial charge in [-0.3, -0.25) is 0 Å². The van der Waals surface area contributed by atoms with E-state index < -0.39 is 0 Å². The second-order valence-electron chi connectivity index (χ2n) is 2.37. The van der Waals surface area contributed by atoms with Gasteiger partial charge in [0.15, 0.2) is 0 Å². The molecule has 0 aromatic carbocycles. The predicted octanol–water partition coefficient (Wildman–Crippen LogP) is 1.22. The van der Waals surface area contributed by atoms with Gasteiger partial charge in [-0.15, -0.1) is 11.6 Å². The molecule has 1 fully saturated rings. The van der Waals surface area contributed by atoms with Crippen molar-refractivity contribution in [1.82, 2.24) is 5.32 Å². The van der Waals surface area contributed by atoms with Gasteiger partial charge < -0.3 is 5.32 Å². The Morgan fingerprint density at radius 3 is 2.88 bits per heavy atom. The summed E-state index contributed by atoms with van der Waals surface area (Å²) in [6, 6.07) is 0. The molecule has 0 aliphatic carbocycles. The van der Waals surface area contributed by atoms with Crippen LogP contribution in [0.25, 0.3) is 0 Å². The molecule has 1 N–H and O–H groups in total. The highest BCUT2D eigenvalue weighted by atomic mass is 35.5. The molecule has 0 aromatic rings. The second kappa shape index (κ2) is 3.31. The Balaban J connectivity index is 2.13. The Morgan fingerprint density at radius 1 is 1.62 bits per heavy atom. The quantitative estimate of drug-likeness (QED) is 0.531. The van der Waals surface area contributed by atoms with Crippen molar-refractivity contribution in [3.63, 3.8) is 0 Å². The third kappa shape index (κ3) is 1.64. The molecule has 1 heterocycles. The molecule has 8 heavy (non-hydrogen) atoms. The molecule has 1 atom stereocenters. The third-order valence-corrected chi connectivity index (χ3v) is 2.05. The van der Waals surface area contributed by atoms with E-state index in [4.69, 9.17) is 11.6 Å². The lowest BCUT2D eigenvalue weighted by molar-refractivity contribution is 0.408. The van der Waals surface area contributed by atoms with Crippen molar-refractivity contribution in [2.75, 3.05) is 19.0 Å². The highest BCUT2D eigenvalue weighted by Gasteiger charge is 2.09. The molecule has 1 rings (SSSR count). The number of hydrogen-bond donors (Lipinski definition) is 1. The first-order valence-electron chi connectivity index (χ1n) is 3.20. The average molecular weight is 134 g/mol. The van der Waals surface area contributed by atoms with Crippen molar-refractivity contribution in [3.05, 3.63) is 0 Å².